The Labute approximate surface area is 168 Å². The van der Waals surface area contributed by atoms with E-state index >= 15 is 0 Å². The van der Waals surface area contributed by atoms with Gasteiger partial charge in [-0.1, -0.05) is 48.4 Å². The number of rotatable bonds is 2. The average molecular weight is 375 g/mol. The molecule has 2 saturated carbocycles. The predicted molar refractivity (Wildman–Crippen MR) is 114 cm³/mol. The normalized spacial score (nSPS) is 38.0. The summed E-state index contributed by atoms with van der Waals surface area (Å²) in [7, 11) is 1.65. The van der Waals surface area contributed by atoms with Crippen molar-refractivity contribution in [3.05, 3.63) is 59.5 Å². The molecule has 0 spiro atoms. The van der Waals surface area contributed by atoms with Gasteiger partial charge >= 0.3 is 0 Å². The van der Waals surface area contributed by atoms with E-state index in [9.17, 15) is 0 Å². The van der Waals surface area contributed by atoms with Crippen LogP contribution in [0.1, 0.15) is 57.9 Å². The number of nitrogens with zero attached hydrogens (tertiary/aromatic N) is 2. The lowest BCUT2D eigenvalue weighted by atomic mass is 9.48. The molecule has 1 heterocycles. The predicted octanol–water partition coefficient (Wildman–Crippen LogP) is 5.96. The molecular weight excluding hydrogens is 344 g/mol. The number of pyridine rings is 1. The van der Waals surface area contributed by atoms with Gasteiger partial charge in [0.2, 0.25) is 0 Å². The van der Waals surface area contributed by atoms with E-state index in [1.165, 1.54) is 43.2 Å². The van der Waals surface area contributed by atoms with Crippen molar-refractivity contribution in [2.75, 3.05) is 7.11 Å². The molecule has 2 fully saturated rings. The van der Waals surface area contributed by atoms with Gasteiger partial charge in [-0.25, -0.2) is 0 Å². The van der Waals surface area contributed by atoms with Gasteiger partial charge < -0.3 is 4.84 Å². The SMILES string of the molecule is CO/N=C1/C=C2CC[C@H]3C4=CC=C(c5cccnc5)[C@@]4(C)CC[C@@H]3[C@@]2(C)CC1. The fourth-order valence-electron chi connectivity index (χ4n) is 6.69. The van der Waals surface area contributed by atoms with Crippen molar-refractivity contribution in [2.24, 2.45) is 27.8 Å². The van der Waals surface area contributed by atoms with Crippen LogP contribution in [0.2, 0.25) is 0 Å². The summed E-state index contributed by atoms with van der Waals surface area (Å²) >= 11 is 0. The lowest BCUT2D eigenvalue weighted by molar-refractivity contribution is 0.0714. The Morgan fingerprint density at radius 2 is 2.04 bits per heavy atom. The summed E-state index contributed by atoms with van der Waals surface area (Å²) in [5.74, 6) is 1.45. The van der Waals surface area contributed by atoms with Crippen LogP contribution in [0, 0.1) is 22.7 Å². The van der Waals surface area contributed by atoms with Crippen LogP contribution in [0.25, 0.3) is 5.57 Å². The summed E-state index contributed by atoms with van der Waals surface area (Å²) in [6.07, 6.45) is 18.3. The minimum Gasteiger partial charge on any atom is -0.399 e. The van der Waals surface area contributed by atoms with E-state index < -0.39 is 0 Å². The van der Waals surface area contributed by atoms with Gasteiger partial charge in [0.1, 0.15) is 7.11 Å². The van der Waals surface area contributed by atoms with Gasteiger partial charge in [-0.05, 0) is 79.1 Å². The monoisotopic (exact) mass is 374 g/mol. The van der Waals surface area contributed by atoms with E-state index in [0.29, 0.717) is 11.3 Å². The molecule has 0 radical (unpaired) electrons. The summed E-state index contributed by atoms with van der Waals surface area (Å²) in [6, 6.07) is 4.27. The molecule has 3 heteroatoms. The van der Waals surface area contributed by atoms with Crippen molar-refractivity contribution < 1.29 is 4.84 Å². The Balaban J connectivity index is 1.46. The minimum absolute atomic E-state index is 0.180. The first-order valence-corrected chi connectivity index (χ1v) is 10.7. The Morgan fingerprint density at radius 3 is 2.82 bits per heavy atom. The van der Waals surface area contributed by atoms with Crippen molar-refractivity contribution in [3.8, 4) is 0 Å². The molecule has 146 valence electrons. The van der Waals surface area contributed by atoms with Gasteiger partial charge in [0.05, 0.1) is 5.71 Å². The Bertz CT molecular complexity index is 910. The maximum atomic E-state index is 5.05. The zero-order chi connectivity index (χ0) is 19.4. The second-order valence-corrected chi connectivity index (χ2v) is 9.42. The third-order valence-corrected chi connectivity index (χ3v) is 8.20. The number of fused-ring (bicyclic) bond motifs is 5. The van der Waals surface area contributed by atoms with E-state index in [1.54, 1.807) is 18.3 Å². The van der Waals surface area contributed by atoms with Crippen molar-refractivity contribution in [1.29, 1.82) is 0 Å². The van der Waals surface area contributed by atoms with Crippen LogP contribution >= 0.6 is 0 Å². The molecule has 28 heavy (non-hydrogen) atoms. The molecule has 0 N–H and O–H groups in total. The molecule has 5 rings (SSSR count). The topological polar surface area (TPSA) is 34.5 Å². The van der Waals surface area contributed by atoms with Crippen LogP contribution in [0.3, 0.4) is 0 Å². The van der Waals surface area contributed by atoms with Crippen molar-refractivity contribution in [2.45, 2.75) is 52.4 Å². The van der Waals surface area contributed by atoms with Gasteiger partial charge in [-0.2, -0.15) is 0 Å². The molecule has 3 nitrogen and oxygen atoms in total. The molecule has 1 aromatic heterocycles. The first-order chi connectivity index (χ1) is 13.6. The van der Waals surface area contributed by atoms with E-state index in [4.69, 9.17) is 4.84 Å². The second kappa shape index (κ2) is 6.43. The van der Waals surface area contributed by atoms with E-state index in [1.807, 2.05) is 12.4 Å². The van der Waals surface area contributed by atoms with Gasteiger partial charge in [0.25, 0.3) is 0 Å². The Kier molecular flexibility index (Phi) is 4.12. The smallest absolute Gasteiger partial charge is 0.106 e. The summed E-state index contributed by atoms with van der Waals surface area (Å²) in [5.41, 5.74) is 7.66. The van der Waals surface area contributed by atoms with Gasteiger partial charge in [-0.15, -0.1) is 0 Å². The maximum Gasteiger partial charge on any atom is 0.106 e. The zero-order valence-corrected chi connectivity index (χ0v) is 17.2. The van der Waals surface area contributed by atoms with E-state index in [0.717, 1.165) is 18.1 Å². The molecule has 4 aliphatic carbocycles. The molecule has 1 aromatic rings. The standard InChI is InChI=1S/C25H30N2O/c1-24-12-10-19(27-28-3)15-18(24)6-7-20-22-9-8-21(17-5-4-14-26-16-17)25(22,2)13-11-23(20)24/h4-5,8-9,14-16,20,23H,6-7,10-13H2,1-3H3/b27-19+/t20-,23-,24-,25+/m0/s1. The number of hydrogen-bond acceptors (Lipinski definition) is 3. The third-order valence-electron chi connectivity index (χ3n) is 8.20. The molecule has 0 saturated heterocycles. The zero-order valence-electron chi connectivity index (χ0n) is 17.2. The molecule has 4 atom stereocenters. The van der Waals surface area contributed by atoms with Crippen LogP contribution < -0.4 is 0 Å². The number of oxime groups is 1. The van der Waals surface area contributed by atoms with Crippen molar-refractivity contribution >= 4 is 11.3 Å². The first kappa shape index (κ1) is 17.9. The number of allylic oxidation sites excluding steroid dienone is 6. The first-order valence-electron chi connectivity index (χ1n) is 10.7. The molecule has 0 unspecified atom stereocenters. The van der Waals surface area contributed by atoms with Crippen LogP contribution in [0.5, 0.6) is 0 Å². The molecule has 0 bridgehead atoms. The molecule has 4 aliphatic rings. The molecule has 0 amide bonds. The third kappa shape index (κ3) is 2.48. The summed E-state index contributed by atoms with van der Waals surface area (Å²) < 4.78 is 0. The van der Waals surface area contributed by atoms with Gasteiger partial charge in [0, 0.05) is 17.8 Å². The summed E-state index contributed by atoms with van der Waals surface area (Å²) in [4.78, 5) is 9.42. The lowest BCUT2D eigenvalue weighted by Gasteiger charge is -2.56. The molecule has 0 aromatic carbocycles. The Hall–Kier alpha value is -2.16. The highest BCUT2D eigenvalue weighted by Crippen LogP contribution is 2.65. The average Bonchev–Trinajstić information content (AvgIpc) is 3.06. The van der Waals surface area contributed by atoms with Crippen molar-refractivity contribution in [3.63, 3.8) is 0 Å². The van der Waals surface area contributed by atoms with Crippen LogP contribution in [-0.2, 0) is 4.84 Å². The van der Waals surface area contributed by atoms with Crippen molar-refractivity contribution in [1.82, 2.24) is 4.98 Å². The highest BCUT2D eigenvalue weighted by atomic mass is 16.6. The van der Waals surface area contributed by atoms with E-state index in [-0.39, 0.29) is 5.41 Å². The summed E-state index contributed by atoms with van der Waals surface area (Å²) in [5, 5.41) is 4.23. The molecular formula is C25H30N2O. The molecule has 0 aliphatic heterocycles. The van der Waals surface area contributed by atoms with Crippen LogP contribution in [-0.4, -0.2) is 17.8 Å². The van der Waals surface area contributed by atoms with Crippen LogP contribution in [0.4, 0.5) is 0 Å². The number of hydrogen-bond donors (Lipinski definition) is 0. The largest absolute Gasteiger partial charge is 0.399 e. The van der Waals surface area contributed by atoms with Gasteiger partial charge in [-0.3, -0.25) is 4.98 Å². The van der Waals surface area contributed by atoms with E-state index in [2.05, 4.69) is 54.3 Å². The highest BCUT2D eigenvalue weighted by molar-refractivity contribution is 5.96. The minimum atomic E-state index is 0.180. The summed E-state index contributed by atoms with van der Waals surface area (Å²) in [6.45, 7) is 4.99. The Morgan fingerprint density at radius 1 is 1.14 bits per heavy atom. The second-order valence-electron chi connectivity index (χ2n) is 9.42. The maximum absolute atomic E-state index is 5.05. The lowest BCUT2D eigenvalue weighted by Crippen LogP contribution is -2.47. The van der Waals surface area contributed by atoms with Gasteiger partial charge in [0.15, 0.2) is 0 Å². The number of aromatic nitrogens is 1. The van der Waals surface area contributed by atoms with Crippen LogP contribution in [0.15, 0.2) is 59.1 Å². The fraction of sp³-hybridized carbons (Fsp3) is 0.520. The quantitative estimate of drug-likeness (QED) is 0.599. The highest BCUT2D eigenvalue weighted by Gasteiger charge is 2.54. The fourth-order valence-corrected chi connectivity index (χ4v) is 6.69.